The molecule has 0 aliphatic carbocycles. The third-order valence-corrected chi connectivity index (χ3v) is 1.88. The minimum absolute atomic E-state index is 0.0154. The molecule has 1 aromatic rings. The fraction of sp³-hybridized carbons (Fsp3) is 0.556. The van der Waals surface area contributed by atoms with Crippen LogP contribution in [0.2, 0.25) is 0 Å². The maximum atomic E-state index is 10.7. The first-order valence-corrected chi connectivity index (χ1v) is 4.61. The smallest absolute Gasteiger partial charge is 0.339 e. The van der Waals surface area contributed by atoms with Crippen molar-refractivity contribution < 1.29 is 19.7 Å². The molecular formula is C9H14N2O4. The van der Waals surface area contributed by atoms with Crippen LogP contribution in [0, 0.1) is 6.92 Å². The highest BCUT2D eigenvalue weighted by atomic mass is 16.5. The number of hydrogen-bond acceptors (Lipinski definition) is 4. The van der Waals surface area contributed by atoms with Crippen LogP contribution in [0.3, 0.4) is 0 Å². The lowest BCUT2D eigenvalue weighted by Crippen LogP contribution is -2.08. The van der Waals surface area contributed by atoms with Gasteiger partial charge >= 0.3 is 5.97 Å². The van der Waals surface area contributed by atoms with Crippen molar-refractivity contribution in [3.05, 3.63) is 17.5 Å². The molecule has 0 aliphatic rings. The summed E-state index contributed by atoms with van der Waals surface area (Å²) in [6, 6.07) is 0. The third-order valence-electron chi connectivity index (χ3n) is 1.88. The van der Waals surface area contributed by atoms with Gasteiger partial charge in [-0.2, -0.15) is 5.10 Å². The number of nitrogens with zero attached hydrogens (tertiary/aromatic N) is 2. The molecule has 84 valence electrons. The molecule has 0 saturated heterocycles. The fourth-order valence-electron chi connectivity index (χ4n) is 1.17. The van der Waals surface area contributed by atoms with E-state index < -0.39 is 5.97 Å². The van der Waals surface area contributed by atoms with Gasteiger partial charge in [0.15, 0.2) is 0 Å². The molecule has 2 N–H and O–H groups in total. The van der Waals surface area contributed by atoms with Crippen LogP contribution in [0.4, 0.5) is 0 Å². The molecule has 0 bridgehead atoms. The van der Waals surface area contributed by atoms with E-state index in [0.29, 0.717) is 18.8 Å². The maximum Gasteiger partial charge on any atom is 0.339 e. The van der Waals surface area contributed by atoms with Crippen molar-refractivity contribution >= 4 is 5.97 Å². The quantitative estimate of drug-likeness (QED) is 0.646. The van der Waals surface area contributed by atoms with E-state index in [1.807, 2.05) is 0 Å². The molecule has 0 saturated carbocycles. The lowest BCUT2D eigenvalue weighted by atomic mass is 10.3. The summed E-state index contributed by atoms with van der Waals surface area (Å²) < 4.78 is 6.56. The Labute approximate surface area is 87.1 Å². The van der Waals surface area contributed by atoms with E-state index in [2.05, 4.69) is 5.10 Å². The van der Waals surface area contributed by atoms with Crippen LogP contribution in [0.5, 0.6) is 0 Å². The highest BCUT2D eigenvalue weighted by molar-refractivity contribution is 5.88. The summed E-state index contributed by atoms with van der Waals surface area (Å²) in [6.45, 7) is 2.80. The third kappa shape index (κ3) is 3.34. The molecule has 15 heavy (non-hydrogen) atoms. The largest absolute Gasteiger partial charge is 0.478 e. The second kappa shape index (κ2) is 5.47. The molecule has 0 amide bonds. The number of hydrogen-bond donors (Lipinski definition) is 2. The van der Waals surface area contributed by atoms with Gasteiger partial charge < -0.3 is 14.9 Å². The van der Waals surface area contributed by atoms with E-state index in [1.165, 1.54) is 10.9 Å². The number of aromatic carboxylic acids is 1. The highest BCUT2D eigenvalue weighted by Gasteiger charge is 2.10. The first-order chi connectivity index (χ1) is 7.15. The number of aliphatic hydroxyl groups excluding tert-OH is 1. The lowest BCUT2D eigenvalue weighted by Gasteiger charge is -2.01. The van der Waals surface area contributed by atoms with E-state index >= 15 is 0 Å². The second-order valence-electron chi connectivity index (χ2n) is 3.03. The zero-order chi connectivity index (χ0) is 11.3. The number of aliphatic hydroxyl groups is 1. The van der Waals surface area contributed by atoms with Gasteiger partial charge in [-0.25, -0.2) is 4.79 Å². The number of carboxylic acid groups (broad SMARTS) is 1. The van der Waals surface area contributed by atoms with Crippen LogP contribution in [-0.4, -0.2) is 45.8 Å². The molecule has 0 radical (unpaired) electrons. The average Bonchev–Trinajstić information content (AvgIpc) is 2.55. The van der Waals surface area contributed by atoms with Gasteiger partial charge in [0.1, 0.15) is 5.56 Å². The maximum absolute atomic E-state index is 10.7. The highest BCUT2D eigenvalue weighted by Crippen LogP contribution is 2.04. The zero-order valence-electron chi connectivity index (χ0n) is 8.51. The minimum atomic E-state index is -0.977. The number of carboxylic acids is 1. The molecular weight excluding hydrogens is 200 g/mol. The Balaban J connectivity index is 2.48. The summed E-state index contributed by atoms with van der Waals surface area (Å²) in [4.78, 5) is 10.7. The summed E-state index contributed by atoms with van der Waals surface area (Å²) in [7, 11) is 0. The van der Waals surface area contributed by atoms with Crippen LogP contribution >= 0.6 is 0 Å². The molecule has 0 aromatic carbocycles. The minimum Gasteiger partial charge on any atom is -0.478 e. The average molecular weight is 214 g/mol. The summed E-state index contributed by atoms with van der Waals surface area (Å²) >= 11 is 0. The first kappa shape index (κ1) is 11.7. The van der Waals surface area contributed by atoms with Crippen molar-refractivity contribution in [3.63, 3.8) is 0 Å². The first-order valence-electron chi connectivity index (χ1n) is 4.61. The van der Waals surface area contributed by atoms with Gasteiger partial charge in [0.25, 0.3) is 0 Å². The van der Waals surface area contributed by atoms with E-state index in [1.54, 1.807) is 6.92 Å². The van der Waals surface area contributed by atoms with Crippen molar-refractivity contribution in [1.82, 2.24) is 9.78 Å². The predicted octanol–water partition coefficient (Wildman–Crippen LogP) is -0.101. The fourth-order valence-corrected chi connectivity index (χ4v) is 1.17. The number of rotatable bonds is 6. The molecule has 6 heteroatoms. The summed E-state index contributed by atoms with van der Waals surface area (Å²) in [5, 5.41) is 21.3. The van der Waals surface area contributed by atoms with Gasteiger partial charge in [0, 0.05) is 6.20 Å². The molecule has 1 heterocycles. The van der Waals surface area contributed by atoms with Gasteiger partial charge in [-0.1, -0.05) is 0 Å². The predicted molar refractivity (Wildman–Crippen MR) is 51.8 cm³/mol. The van der Waals surface area contributed by atoms with E-state index in [9.17, 15) is 4.79 Å². The van der Waals surface area contributed by atoms with Gasteiger partial charge in [-0.05, 0) is 6.92 Å². The van der Waals surface area contributed by atoms with Crippen molar-refractivity contribution in [3.8, 4) is 0 Å². The number of aryl methyl sites for hydroxylation is 1. The van der Waals surface area contributed by atoms with Crippen molar-refractivity contribution in [1.29, 1.82) is 0 Å². The number of ether oxygens (including phenoxy) is 1. The Kier molecular flexibility index (Phi) is 4.26. The van der Waals surface area contributed by atoms with Crippen molar-refractivity contribution in [2.45, 2.75) is 13.5 Å². The molecule has 1 rings (SSSR count). The van der Waals surface area contributed by atoms with Crippen LogP contribution in [0.1, 0.15) is 16.1 Å². The van der Waals surface area contributed by atoms with Crippen LogP contribution in [0.25, 0.3) is 0 Å². The van der Waals surface area contributed by atoms with Gasteiger partial charge in [0.05, 0.1) is 32.1 Å². The molecule has 6 nitrogen and oxygen atoms in total. The standard InChI is InChI=1S/C9H14N2O4/c1-7-8(9(13)14)6-11(10-7)2-4-15-5-3-12/h6,12H,2-5H2,1H3,(H,13,14). The van der Waals surface area contributed by atoms with Crippen LogP contribution in [-0.2, 0) is 11.3 Å². The second-order valence-corrected chi connectivity index (χ2v) is 3.03. The lowest BCUT2D eigenvalue weighted by molar-refractivity contribution is 0.0695. The van der Waals surface area contributed by atoms with Crippen molar-refractivity contribution in [2.24, 2.45) is 0 Å². The van der Waals surface area contributed by atoms with E-state index in [-0.39, 0.29) is 18.8 Å². The topological polar surface area (TPSA) is 84.6 Å². The molecule has 0 spiro atoms. The Morgan fingerprint density at radius 2 is 2.33 bits per heavy atom. The Morgan fingerprint density at radius 3 is 2.87 bits per heavy atom. The normalized spacial score (nSPS) is 10.5. The number of carbonyl (C=O) groups is 1. The molecule has 1 aromatic heterocycles. The molecule has 0 aliphatic heterocycles. The van der Waals surface area contributed by atoms with Gasteiger partial charge in [-0.3, -0.25) is 4.68 Å². The van der Waals surface area contributed by atoms with Gasteiger partial charge in [0.2, 0.25) is 0 Å². The van der Waals surface area contributed by atoms with E-state index in [0.717, 1.165) is 0 Å². The summed E-state index contributed by atoms with van der Waals surface area (Å²) in [5.41, 5.74) is 0.696. The Morgan fingerprint density at radius 1 is 1.60 bits per heavy atom. The molecule has 0 fully saturated rings. The molecule has 0 unspecified atom stereocenters. The SMILES string of the molecule is Cc1nn(CCOCCO)cc1C(=O)O. The zero-order valence-corrected chi connectivity index (χ0v) is 8.51. The monoisotopic (exact) mass is 214 g/mol. The van der Waals surface area contributed by atoms with Crippen LogP contribution < -0.4 is 0 Å². The Hall–Kier alpha value is -1.40. The van der Waals surface area contributed by atoms with Crippen molar-refractivity contribution in [2.75, 3.05) is 19.8 Å². The Bertz CT molecular complexity index is 335. The van der Waals surface area contributed by atoms with Crippen LogP contribution in [0.15, 0.2) is 6.20 Å². The summed E-state index contributed by atoms with van der Waals surface area (Å²) in [5.74, 6) is -0.977. The van der Waals surface area contributed by atoms with Gasteiger partial charge in [-0.15, -0.1) is 0 Å². The van der Waals surface area contributed by atoms with E-state index in [4.69, 9.17) is 14.9 Å². The summed E-state index contributed by atoms with van der Waals surface area (Å²) in [6.07, 6.45) is 1.47. The molecule has 0 atom stereocenters. The number of aromatic nitrogens is 2.